The van der Waals surface area contributed by atoms with Crippen LogP contribution < -0.4 is 4.90 Å². The summed E-state index contributed by atoms with van der Waals surface area (Å²) in [6.07, 6.45) is 0. The molecule has 0 aliphatic carbocycles. The van der Waals surface area contributed by atoms with E-state index in [1.54, 1.807) is 0 Å². The Labute approximate surface area is 106 Å². The second-order valence-electron chi connectivity index (χ2n) is 3.29. The molecule has 7 heteroatoms. The zero-order chi connectivity index (χ0) is 12.6. The van der Waals surface area contributed by atoms with Crippen LogP contribution >= 0.6 is 24.0 Å². The standard InChI is InChI=1S/C10H7NO4S2/c12-7-2-1-5(3-6(7)9(14)15)11-8(13)4-17-10(11)16/h1-3,12H,4H2,(H,14,15). The molecule has 88 valence electrons. The molecule has 0 saturated carbocycles. The minimum absolute atomic E-state index is 0.193. The molecule has 1 aromatic rings. The van der Waals surface area contributed by atoms with Crippen molar-refractivity contribution in [2.24, 2.45) is 0 Å². The van der Waals surface area contributed by atoms with E-state index in [4.69, 9.17) is 17.3 Å². The molecule has 1 aliphatic heterocycles. The van der Waals surface area contributed by atoms with E-state index in [-0.39, 0.29) is 23.0 Å². The van der Waals surface area contributed by atoms with Gasteiger partial charge in [-0.15, -0.1) is 0 Å². The van der Waals surface area contributed by atoms with Gasteiger partial charge in [0.15, 0.2) is 0 Å². The van der Waals surface area contributed by atoms with E-state index in [1.807, 2.05) is 0 Å². The van der Waals surface area contributed by atoms with Gasteiger partial charge in [-0.2, -0.15) is 0 Å². The third-order valence-corrected chi connectivity index (χ3v) is 3.58. The van der Waals surface area contributed by atoms with Gasteiger partial charge in [-0.3, -0.25) is 9.69 Å². The van der Waals surface area contributed by atoms with E-state index in [9.17, 15) is 14.7 Å². The zero-order valence-electron chi connectivity index (χ0n) is 8.41. The molecule has 17 heavy (non-hydrogen) atoms. The molecule has 0 atom stereocenters. The fraction of sp³-hybridized carbons (Fsp3) is 0.100. The molecule has 0 spiro atoms. The summed E-state index contributed by atoms with van der Waals surface area (Å²) in [4.78, 5) is 23.7. The Balaban J connectivity index is 2.46. The maximum atomic E-state index is 11.6. The predicted octanol–water partition coefficient (Wildman–Crippen LogP) is 1.46. The number of thioether (sulfide) groups is 1. The first-order valence-corrected chi connectivity index (χ1v) is 5.96. The summed E-state index contributed by atoms with van der Waals surface area (Å²) in [7, 11) is 0. The second kappa shape index (κ2) is 4.34. The summed E-state index contributed by atoms with van der Waals surface area (Å²) in [5.74, 6) is -1.54. The Hall–Kier alpha value is -1.60. The van der Waals surface area contributed by atoms with Crippen molar-refractivity contribution in [2.45, 2.75) is 0 Å². The van der Waals surface area contributed by atoms with E-state index in [0.29, 0.717) is 10.0 Å². The molecule has 0 unspecified atom stereocenters. The van der Waals surface area contributed by atoms with Gasteiger partial charge in [0.05, 0.1) is 11.4 Å². The predicted molar refractivity (Wildman–Crippen MR) is 67.6 cm³/mol. The number of aromatic hydroxyl groups is 1. The van der Waals surface area contributed by atoms with Crippen LogP contribution in [0.2, 0.25) is 0 Å². The molecule has 0 bridgehead atoms. The van der Waals surface area contributed by atoms with Crippen LogP contribution in [0.5, 0.6) is 5.75 Å². The van der Waals surface area contributed by atoms with E-state index in [1.165, 1.54) is 34.9 Å². The normalized spacial score (nSPS) is 15.4. The SMILES string of the molecule is O=C(O)c1cc(N2C(=O)CSC2=S)ccc1O. The lowest BCUT2D eigenvalue weighted by Gasteiger charge is -2.15. The van der Waals surface area contributed by atoms with Crippen molar-refractivity contribution in [3.05, 3.63) is 23.8 Å². The number of anilines is 1. The average Bonchev–Trinajstić information content (AvgIpc) is 2.59. The monoisotopic (exact) mass is 269 g/mol. The van der Waals surface area contributed by atoms with Crippen molar-refractivity contribution < 1.29 is 19.8 Å². The molecule has 2 rings (SSSR count). The largest absolute Gasteiger partial charge is 0.507 e. The number of rotatable bonds is 2. The first-order chi connectivity index (χ1) is 8.00. The number of hydrogen-bond acceptors (Lipinski definition) is 5. The molecular formula is C10H7NO4S2. The van der Waals surface area contributed by atoms with Gasteiger partial charge >= 0.3 is 5.97 Å². The Kier molecular flexibility index (Phi) is 3.03. The number of nitrogens with zero attached hydrogens (tertiary/aromatic N) is 1. The summed E-state index contributed by atoms with van der Waals surface area (Å²) in [6, 6.07) is 3.92. The Bertz CT molecular complexity index is 513. The van der Waals surface area contributed by atoms with E-state index in [2.05, 4.69) is 0 Å². The quantitative estimate of drug-likeness (QED) is 0.791. The molecule has 2 N–H and O–H groups in total. The highest BCUT2D eigenvalue weighted by Gasteiger charge is 2.28. The van der Waals surface area contributed by atoms with Crippen LogP contribution in [-0.2, 0) is 4.79 Å². The van der Waals surface area contributed by atoms with Crippen molar-refractivity contribution in [1.82, 2.24) is 0 Å². The maximum Gasteiger partial charge on any atom is 0.339 e. The van der Waals surface area contributed by atoms with Gasteiger partial charge in [-0.1, -0.05) is 24.0 Å². The van der Waals surface area contributed by atoms with Crippen LogP contribution in [-0.4, -0.2) is 32.2 Å². The Morgan fingerprint density at radius 3 is 2.71 bits per heavy atom. The maximum absolute atomic E-state index is 11.6. The van der Waals surface area contributed by atoms with Gasteiger partial charge in [0.1, 0.15) is 15.6 Å². The zero-order valence-corrected chi connectivity index (χ0v) is 10.0. The third kappa shape index (κ3) is 2.11. The topological polar surface area (TPSA) is 77.8 Å². The molecule has 1 aromatic carbocycles. The summed E-state index contributed by atoms with van der Waals surface area (Å²) in [5.41, 5.74) is 0.107. The number of phenols is 1. The van der Waals surface area contributed by atoms with Crippen molar-refractivity contribution in [3.63, 3.8) is 0 Å². The molecule has 0 aromatic heterocycles. The highest BCUT2D eigenvalue weighted by atomic mass is 32.2. The second-order valence-corrected chi connectivity index (χ2v) is 4.90. The minimum Gasteiger partial charge on any atom is -0.507 e. The van der Waals surface area contributed by atoms with E-state index in [0.717, 1.165) is 0 Å². The van der Waals surface area contributed by atoms with Gasteiger partial charge in [-0.05, 0) is 18.2 Å². The molecule has 1 fully saturated rings. The van der Waals surface area contributed by atoms with Gasteiger partial charge in [0, 0.05) is 0 Å². The molecule has 5 nitrogen and oxygen atoms in total. The lowest BCUT2D eigenvalue weighted by atomic mass is 10.1. The van der Waals surface area contributed by atoms with Crippen LogP contribution in [0.15, 0.2) is 18.2 Å². The molecule has 1 amide bonds. The number of benzene rings is 1. The molecule has 0 radical (unpaired) electrons. The number of aromatic carboxylic acids is 1. The molecule has 1 aliphatic rings. The fourth-order valence-electron chi connectivity index (χ4n) is 1.44. The number of carbonyl (C=O) groups is 2. The van der Waals surface area contributed by atoms with E-state index < -0.39 is 5.97 Å². The summed E-state index contributed by atoms with van der Waals surface area (Å²) < 4.78 is 0.386. The van der Waals surface area contributed by atoms with Gasteiger partial charge in [0.25, 0.3) is 0 Å². The Morgan fingerprint density at radius 2 is 2.18 bits per heavy atom. The number of carboxylic acid groups (broad SMARTS) is 1. The lowest BCUT2D eigenvalue weighted by molar-refractivity contribution is -0.115. The van der Waals surface area contributed by atoms with Crippen molar-refractivity contribution in [2.75, 3.05) is 10.7 Å². The number of carbonyl (C=O) groups excluding carboxylic acids is 1. The fourth-order valence-corrected chi connectivity index (χ4v) is 2.53. The Morgan fingerprint density at radius 1 is 1.47 bits per heavy atom. The van der Waals surface area contributed by atoms with Crippen LogP contribution in [0, 0.1) is 0 Å². The third-order valence-electron chi connectivity index (χ3n) is 2.22. The average molecular weight is 269 g/mol. The van der Waals surface area contributed by atoms with Crippen LogP contribution in [0.3, 0.4) is 0 Å². The first-order valence-electron chi connectivity index (χ1n) is 4.56. The van der Waals surface area contributed by atoms with Crippen LogP contribution in [0.25, 0.3) is 0 Å². The summed E-state index contributed by atoms with van der Waals surface area (Å²) >= 11 is 6.22. The van der Waals surface area contributed by atoms with Gasteiger partial charge < -0.3 is 10.2 Å². The van der Waals surface area contributed by atoms with E-state index >= 15 is 0 Å². The summed E-state index contributed by atoms with van der Waals surface area (Å²) in [6.45, 7) is 0. The van der Waals surface area contributed by atoms with Gasteiger partial charge in [0.2, 0.25) is 5.91 Å². The van der Waals surface area contributed by atoms with Crippen LogP contribution in [0.4, 0.5) is 5.69 Å². The number of thiocarbonyl (C=S) groups is 1. The number of carboxylic acids is 1. The van der Waals surface area contributed by atoms with Crippen LogP contribution in [0.1, 0.15) is 10.4 Å². The van der Waals surface area contributed by atoms with Gasteiger partial charge in [-0.25, -0.2) is 4.79 Å². The first kappa shape index (κ1) is 11.9. The van der Waals surface area contributed by atoms with Crippen molar-refractivity contribution in [3.8, 4) is 5.75 Å². The number of hydrogen-bond donors (Lipinski definition) is 2. The number of amides is 1. The summed E-state index contributed by atoms with van der Waals surface area (Å²) in [5, 5.41) is 18.2. The molecule has 1 saturated heterocycles. The highest BCUT2D eigenvalue weighted by molar-refractivity contribution is 8.24. The molecular weight excluding hydrogens is 262 g/mol. The highest BCUT2D eigenvalue weighted by Crippen LogP contribution is 2.30. The lowest BCUT2D eigenvalue weighted by Crippen LogP contribution is -2.28. The van der Waals surface area contributed by atoms with Crippen molar-refractivity contribution in [1.29, 1.82) is 0 Å². The minimum atomic E-state index is -1.26. The smallest absolute Gasteiger partial charge is 0.339 e. The molecule has 1 heterocycles. The van der Waals surface area contributed by atoms with Crippen molar-refractivity contribution >= 4 is 45.9 Å².